The van der Waals surface area contributed by atoms with E-state index in [4.69, 9.17) is 0 Å². The summed E-state index contributed by atoms with van der Waals surface area (Å²) in [6.45, 7) is 8.21. The van der Waals surface area contributed by atoms with Crippen LogP contribution in [0.5, 0.6) is 0 Å². The van der Waals surface area contributed by atoms with Crippen LogP contribution in [0.2, 0.25) is 0 Å². The average Bonchev–Trinajstić information content (AvgIpc) is 3.17. The standard InChI is InChI=1S/C24H27N3O2S/c1-16-6-5-7-22(17(16)2)27-15-14-26-24(27)30-18(3)23(29)21-10-8-20(9-11-21)12-13-25-19(4)28/h5-11,14-15,18H,12-13H2,1-4H3,(H,25,28). The minimum atomic E-state index is -0.263. The van der Waals surface area contributed by atoms with E-state index in [0.717, 1.165) is 22.8 Å². The Kier molecular flexibility index (Phi) is 7.11. The zero-order valence-corrected chi connectivity index (χ0v) is 18.6. The van der Waals surface area contributed by atoms with Gasteiger partial charge in [0.15, 0.2) is 10.9 Å². The number of Topliss-reactive ketones (excluding diaryl/α,β-unsaturated/α-hetero) is 1. The van der Waals surface area contributed by atoms with Gasteiger partial charge in [-0.15, -0.1) is 0 Å². The fourth-order valence-corrected chi connectivity index (χ4v) is 4.18. The molecule has 1 N–H and O–H groups in total. The topological polar surface area (TPSA) is 64.0 Å². The molecule has 6 heteroatoms. The molecule has 0 aliphatic carbocycles. The van der Waals surface area contributed by atoms with Crippen molar-refractivity contribution in [3.63, 3.8) is 0 Å². The number of hydrogen-bond donors (Lipinski definition) is 1. The molecule has 1 atom stereocenters. The lowest BCUT2D eigenvalue weighted by Crippen LogP contribution is -2.22. The van der Waals surface area contributed by atoms with E-state index in [1.165, 1.54) is 29.8 Å². The summed E-state index contributed by atoms with van der Waals surface area (Å²) in [6.07, 6.45) is 4.45. The van der Waals surface area contributed by atoms with Crippen molar-refractivity contribution in [2.24, 2.45) is 0 Å². The average molecular weight is 422 g/mol. The lowest BCUT2D eigenvalue weighted by molar-refractivity contribution is -0.118. The normalized spacial score (nSPS) is 11.9. The molecule has 0 saturated heterocycles. The van der Waals surface area contributed by atoms with Gasteiger partial charge in [0.05, 0.1) is 10.9 Å². The van der Waals surface area contributed by atoms with Crippen molar-refractivity contribution in [1.29, 1.82) is 0 Å². The molecule has 0 spiro atoms. The van der Waals surface area contributed by atoms with E-state index >= 15 is 0 Å². The monoisotopic (exact) mass is 421 g/mol. The number of nitrogens with zero attached hydrogens (tertiary/aromatic N) is 2. The van der Waals surface area contributed by atoms with Crippen LogP contribution < -0.4 is 5.32 Å². The number of benzene rings is 2. The third kappa shape index (κ3) is 5.19. The lowest BCUT2D eigenvalue weighted by Gasteiger charge is -2.15. The summed E-state index contributed by atoms with van der Waals surface area (Å²) in [7, 11) is 0. The predicted molar refractivity (Wildman–Crippen MR) is 122 cm³/mol. The quantitative estimate of drug-likeness (QED) is 0.429. The molecular weight excluding hydrogens is 394 g/mol. The smallest absolute Gasteiger partial charge is 0.216 e. The first kappa shape index (κ1) is 21.8. The van der Waals surface area contributed by atoms with Gasteiger partial charge >= 0.3 is 0 Å². The van der Waals surface area contributed by atoms with E-state index < -0.39 is 0 Å². The van der Waals surface area contributed by atoms with Crippen LogP contribution in [0, 0.1) is 13.8 Å². The maximum Gasteiger partial charge on any atom is 0.216 e. The summed E-state index contributed by atoms with van der Waals surface area (Å²) < 4.78 is 2.04. The van der Waals surface area contributed by atoms with Gasteiger partial charge in [0.2, 0.25) is 5.91 Å². The molecule has 156 valence electrons. The van der Waals surface area contributed by atoms with Crippen molar-refractivity contribution >= 4 is 23.5 Å². The Morgan fingerprint density at radius 3 is 2.57 bits per heavy atom. The lowest BCUT2D eigenvalue weighted by atomic mass is 10.0. The fraction of sp³-hybridized carbons (Fsp3) is 0.292. The van der Waals surface area contributed by atoms with Crippen LogP contribution in [0.1, 0.15) is 40.9 Å². The minimum Gasteiger partial charge on any atom is -0.356 e. The van der Waals surface area contributed by atoms with E-state index in [1.807, 2.05) is 48.0 Å². The molecule has 5 nitrogen and oxygen atoms in total. The Bertz CT molecular complexity index is 1040. The number of imidazole rings is 1. The molecule has 1 heterocycles. The molecule has 0 saturated carbocycles. The highest BCUT2D eigenvalue weighted by Gasteiger charge is 2.20. The van der Waals surface area contributed by atoms with E-state index in [0.29, 0.717) is 12.1 Å². The first-order valence-corrected chi connectivity index (χ1v) is 10.9. The van der Waals surface area contributed by atoms with Crippen molar-refractivity contribution in [2.75, 3.05) is 6.54 Å². The summed E-state index contributed by atoms with van der Waals surface area (Å²) in [5.41, 5.74) is 5.28. The third-order valence-electron chi connectivity index (χ3n) is 5.12. The minimum absolute atomic E-state index is 0.0353. The summed E-state index contributed by atoms with van der Waals surface area (Å²) in [6, 6.07) is 13.8. The van der Waals surface area contributed by atoms with Gasteiger partial charge < -0.3 is 5.32 Å². The summed E-state index contributed by atoms with van der Waals surface area (Å²) >= 11 is 1.47. The molecule has 0 aliphatic rings. The van der Waals surface area contributed by atoms with Gasteiger partial charge in [-0.1, -0.05) is 48.2 Å². The number of carbonyl (C=O) groups excluding carboxylic acids is 2. The van der Waals surface area contributed by atoms with Gasteiger partial charge in [0.25, 0.3) is 0 Å². The molecule has 3 aromatic rings. The predicted octanol–water partition coefficient (Wildman–Crippen LogP) is 4.53. The molecule has 1 unspecified atom stereocenters. The van der Waals surface area contributed by atoms with Crippen LogP contribution in [0.4, 0.5) is 0 Å². The van der Waals surface area contributed by atoms with Crippen LogP contribution in [-0.4, -0.2) is 33.0 Å². The number of aryl methyl sites for hydroxylation is 1. The van der Waals surface area contributed by atoms with Gasteiger partial charge in [-0.3, -0.25) is 14.2 Å². The highest BCUT2D eigenvalue weighted by atomic mass is 32.2. The van der Waals surface area contributed by atoms with Crippen molar-refractivity contribution in [3.8, 4) is 5.69 Å². The first-order chi connectivity index (χ1) is 14.4. The molecule has 1 aromatic heterocycles. The maximum absolute atomic E-state index is 12.9. The van der Waals surface area contributed by atoms with Gasteiger partial charge in [-0.25, -0.2) is 4.98 Å². The number of nitrogens with one attached hydrogen (secondary N) is 1. The fourth-order valence-electron chi connectivity index (χ4n) is 3.22. The zero-order chi connectivity index (χ0) is 21.7. The number of hydrogen-bond acceptors (Lipinski definition) is 4. The molecule has 0 radical (unpaired) electrons. The Morgan fingerprint density at radius 2 is 1.87 bits per heavy atom. The van der Waals surface area contributed by atoms with Crippen molar-refractivity contribution < 1.29 is 9.59 Å². The van der Waals surface area contributed by atoms with Gasteiger partial charge in [0, 0.05) is 31.4 Å². The number of rotatable bonds is 8. The molecule has 0 aliphatic heterocycles. The molecule has 2 aromatic carbocycles. The van der Waals surface area contributed by atoms with Gasteiger partial charge in [-0.2, -0.15) is 0 Å². The van der Waals surface area contributed by atoms with Gasteiger partial charge in [0.1, 0.15) is 0 Å². The highest BCUT2D eigenvalue weighted by molar-refractivity contribution is 8.00. The number of ketones is 1. The van der Waals surface area contributed by atoms with Crippen molar-refractivity contribution in [1.82, 2.24) is 14.9 Å². The Balaban J connectivity index is 1.69. The number of carbonyl (C=O) groups is 2. The second-order valence-corrected chi connectivity index (χ2v) is 8.66. The van der Waals surface area contributed by atoms with Crippen molar-refractivity contribution in [2.45, 2.75) is 44.5 Å². The highest BCUT2D eigenvalue weighted by Crippen LogP contribution is 2.28. The van der Waals surface area contributed by atoms with Crippen LogP contribution in [-0.2, 0) is 11.2 Å². The van der Waals surface area contributed by atoms with E-state index in [9.17, 15) is 9.59 Å². The van der Waals surface area contributed by atoms with Crippen LogP contribution in [0.3, 0.4) is 0 Å². The molecule has 1 amide bonds. The molecule has 0 bridgehead atoms. The van der Waals surface area contributed by atoms with Crippen LogP contribution in [0.25, 0.3) is 5.69 Å². The Morgan fingerprint density at radius 1 is 1.13 bits per heavy atom. The van der Waals surface area contributed by atoms with E-state index in [1.54, 1.807) is 6.20 Å². The number of thioether (sulfide) groups is 1. The summed E-state index contributed by atoms with van der Waals surface area (Å²) in [5.74, 6) is 0.0378. The number of aromatic nitrogens is 2. The largest absolute Gasteiger partial charge is 0.356 e. The Hall–Kier alpha value is -2.86. The van der Waals surface area contributed by atoms with Gasteiger partial charge in [-0.05, 0) is 49.9 Å². The SMILES string of the molecule is CC(=O)NCCc1ccc(C(=O)C(C)Sc2nccn2-c2cccc(C)c2C)cc1. The van der Waals surface area contributed by atoms with Crippen LogP contribution >= 0.6 is 11.8 Å². The zero-order valence-electron chi connectivity index (χ0n) is 17.8. The molecular formula is C24H27N3O2S. The third-order valence-corrected chi connectivity index (χ3v) is 6.20. The summed E-state index contributed by atoms with van der Waals surface area (Å²) in [5, 5.41) is 3.32. The second-order valence-electron chi connectivity index (χ2n) is 7.35. The van der Waals surface area contributed by atoms with E-state index in [-0.39, 0.29) is 16.9 Å². The summed E-state index contributed by atoms with van der Waals surface area (Å²) in [4.78, 5) is 28.4. The van der Waals surface area contributed by atoms with E-state index in [2.05, 4.69) is 36.3 Å². The number of amides is 1. The first-order valence-electron chi connectivity index (χ1n) is 10.0. The van der Waals surface area contributed by atoms with Crippen LogP contribution in [0.15, 0.2) is 60.0 Å². The second kappa shape index (κ2) is 9.76. The molecule has 0 fully saturated rings. The van der Waals surface area contributed by atoms with Crippen molar-refractivity contribution in [3.05, 3.63) is 77.1 Å². The molecule has 3 rings (SSSR count). The molecule has 30 heavy (non-hydrogen) atoms. The maximum atomic E-state index is 12.9. The Labute approximate surface area is 181 Å².